The molecule has 3 rings (SSSR count). The predicted octanol–water partition coefficient (Wildman–Crippen LogP) is 7.50. The van der Waals surface area contributed by atoms with Crippen molar-refractivity contribution in [3.8, 4) is 0 Å². The van der Waals surface area contributed by atoms with Crippen LogP contribution in [0.25, 0.3) is 6.08 Å². The van der Waals surface area contributed by atoms with Gasteiger partial charge in [-0.25, -0.2) is 4.39 Å². The number of rotatable bonds is 3. The van der Waals surface area contributed by atoms with Crippen LogP contribution in [0.4, 0.5) is 17.6 Å². The van der Waals surface area contributed by atoms with Crippen molar-refractivity contribution in [2.45, 2.75) is 70.4 Å². The highest BCUT2D eigenvalue weighted by molar-refractivity contribution is 5.51. The Kier molecular flexibility index (Phi) is 6.09. The molecule has 4 heteroatoms. The number of hydrogen-bond donors (Lipinski definition) is 0. The Balaban J connectivity index is 1.57. The van der Waals surface area contributed by atoms with Crippen LogP contribution in [-0.2, 0) is 0 Å². The maximum absolute atomic E-state index is 14.2. The summed E-state index contributed by atoms with van der Waals surface area (Å²) in [6.07, 6.45) is 6.40. The molecule has 26 heavy (non-hydrogen) atoms. The lowest BCUT2D eigenvalue weighted by Crippen LogP contribution is -2.24. The van der Waals surface area contributed by atoms with Gasteiger partial charge in [0.25, 0.3) is 0 Å². The highest BCUT2D eigenvalue weighted by atomic mass is 19.4. The highest BCUT2D eigenvalue weighted by Gasteiger charge is 2.30. The molecule has 0 atom stereocenters. The van der Waals surface area contributed by atoms with Gasteiger partial charge in [-0.3, -0.25) is 0 Å². The minimum atomic E-state index is -4.42. The van der Waals surface area contributed by atoms with E-state index in [-0.39, 0.29) is 11.6 Å². The number of halogens is 4. The van der Waals surface area contributed by atoms with E-state index in [9.17, 15) is 17.6 Å². The van der Waals surface area contributed by atoms with Gasteiger partial charge in [-0.05, 0) is 79.9 Å². The van der Waals surface area contributed by atoms with Crippen LogP contribution >= 0.6 is 0 Å². The number of alkyl halides is 3. The number of allylic oxidation sites excluding steroid dienone is 1. The van der Waals surface area contributed by atoms with Crippen LogP contribution in [0.15, 0.2) is 24.3 Å². The van der Waals surface area contributed by atoms with Gasteiger partial charge in [0.15, 0.2) is 0 Å². The summed E-state index contributed by atoms with van der Waals surface area (Å²) in [5, 5.41) is 0. The molecule has 0 bridgehead atoms. The quantitative estimate of drug-likeness (QED) is 0.485. The Labute approximate surface area is 153 Å². The fourth-order valence-electron chi connectivity index (χ4n) is 4.80. The molecule has 1 aromatic rings. The summed E-state index contributed by atoms with van der Waals surface area (Å²) in [6.45, 7) is 2.34. The van der Waals surface area contributed by atoms with Gasteiger partial charge in [0, 0.05) is 11.6 Å². The zero-order chi connectivity index (χ0) is 18.7. The maximum atomic E-state index is 14.2. The minimum absolute atomic E-state index is 0.00362. The molecule has 144 valence electrons. The molecule has 0 nitrogen and oxygen atoms in total. The van der Waals surface area contributed by atoms with Gasteiger partial charge < -0.3 is 0 Å². The van der Waals surface area contributed by atoms with Gasteiger partial charge >= 0.3 is 6.18 Å². The number of hydrogen-bond acceptors (Lipinski definition) is 0. The fraction of sp³-hybridized carbons (Fsp3) is 0.636. The average molecular weight is 368 g/mol. The molecule has 0 aliphatic heterocycles. The molecule has 0 aromatic heterocycles. The van der Waals surface area contributed by atoms with Crippen LogP contribution in [0, 0.1) is 23.6 Å². The zero-order valence-electron chi connectivity index (χ0n) is 15.4. The van der Waals surface area contributed by atoms with Gasteiger partial charge in [0.1, 0.15) is 5.82 Å². The van der Waals surface area contributed by atoms with E-state index in [0.717, 1.165) is 42.2 Å². The SMILES string of the molecule is CC1CCC(C2CCC(c3ccc(/C=C/C(F)(F)F)c(F)c3)CC2)CC1. The van der Waals surface area contributed by atoms with Crippen LogP contribution in [0.2, 0.25) is 0 Å². The summed E-state index contributed by atoms with van der Waals surface area (Å²) < 4.78 is 50.9. The summed E-state index contributed by atoms with van der Waals surface area (Å²) in [5.41, 5.74) is 0.929. The lowest BCUT2D eigenvalue weighted by molar-refractivity contribution is -0.0790. The molecule has 0 N–H and O–H groups in total. The molecule has 0 radical (unpaired) electrons. The second-order valence-corrected chi connectivity index (χ2v) is 8.29. The molecular formula is C22H28F4. The summed E-state index contributed by atoms with van der Waals surface area (Å²) >= 11 is 0. The fourth-order valence-corrected chi connectivity index (χ4v) is 4.80. The van der Waals surface area contributed by atoms with Crippen molar-refractivity contribution in [3.63, 3.8) is 0 Å². The van der Waals surface area contributed by atoms with Crippen molar-refractivity contribution in [1.82, 2.24) is 0 Å². The normalized spacial score (nSPS) is 30.7. The van der Waals surface area contributed by atoms with Crippen LogP contribution in [0.3, 0.4) is 0 Å². The van der Waals surface area contributed by atoms with E-state index in [1.807, 2.05) is 0 Å². The Morgan fingerprint density at radius 1 is 0.885 bits per heavy atom. The molecule has 0 saturated heterocycles. The lowest BCUT2D eigenvalue weighted by atomic mass is 9.68. The summed E-state index contributed by atoms with van der Waals surface area (Å²) in [4.78, 5) is 0. The standard InChI is InChI=1S/C22H28F4/c1-15-2-4-16(5-3-15)17-6-8-18(9-7-17)20-11-10-19(21(23)14-20)12-13-22(24,25)26/h10-18H,2-9H2,1H3/b13-12+. The molecule has 0 amide bonds. The first-order chi connectivity index (χ1) is 12.3. The monoisotopic (exact) mass is 368 g/mol. The Bertz CT molecular complexity index is 616. The maximum Gasteiger partial charge on any atom is 0.409 e. The van der Waals surface area contributed by atoms with Crippen LogP contribution < -0.4 is 0 Å². The van der Waals surface area contributed by atoms with Gasteiger partial charge in [-0.2, -0.15) is 13.2 Å². The third-order valence-corrected chi connectivity index (χ3v) is 6.45. The van der Waals surface area contributed by atoms with Crippen LogP contribution in [-0.4, -0.2) is 6.18 Å². The Morgan fingerprint density at radius 2 is 1.46 bits per heavy atom. The largest absolute Gasteiger partial charge is 0.409 e. The molecule has 0 heterocycles. The molecular weight excluding hydrogens is 340 g/mol. The third-order valence-electron chi connectivity index (χ3n) is 6.45. The zero-order valence-corrected chi connectivity index (χ0v) is 15.4. The van der Waals surface area contributed by atoms with Gasteiger partial charge in [-0.15, -0.1) is 0 Å². The molecule has 2 saturated carbocycles. The predicted molar refractivity (Wildman–Crippen MR) is 97.3 cm³/mol. The van der Waals surface area contributed by atoms with Crippen molar-refractivity contribution < 1.29 is 17.6 Å². The van der Waals surface area contributed by atoms with E-state index in [4.69, 9.17) is 0 Å². The van der Waals surface area contributed by atoms with E-state index in [0.29, 0.717) is 5.92 Å². The molecule has 0 spiro atoms. The topological polar surface area (TPSA) is 0 Å². The van der Waals surface area contributed by atoms with Crippen molar-refractivity contribution in [2.24, 2.45) is 17.8 Å². The van der Waals surface area contributed by atoms with Crippen molar-refractivity contribution in [3.05, 3.63) is 41.2 Å². The first-order valence-electron chi connectivity index (χ1n) is 9.87. The van der Waals surface area contributed by atoms with E-state index in [1.165, 1.54) is 50.7 Å². The number of benzene rings is 1. The lowest BCUT2D eigenvalue weighted by Gasteiger charge is -2.37. The highest BCUT2D eigenvalue weighted by Crippen LogP contribution is 2.44. The van der Waals surface area contributed by atoms with E-state index < -0.39 is 12.0 Å². The van der Waals surface area contributed by atoms with Crippen molar-refractivity contribution in [2.75, 3.05) is 0 Å². The van der Waals surface area contributed by atoms with E-state index in [2.05, 4.69) is 6.92 Å². The van der Waals surface area contributed by atoms with Crippen molar-refractivity contribution >= 4 is 6.08 Å². The molecule has 0 unspecified atom stereocenters. The second-order valence-electron chi connectivity index (χ2n) is 8.29. The third kappa shape index (κ3) is 5.11. The second kappa shape index (κ2) is 8.14. The van der Waals surface area contributed by atoms with Gasteiger partial charge in [0.05, 0.1) is 0 Å². The van der Waals surface area contributed by atoms with Gasteiger partial charge in [0.2, 0.25) is 0 Å². The molecule has 2 aliphatic carbocycles. The molecule has 1 aromatic carbocycles. The Morgan fingerprint density at radius 3 is 2.00 bits per heavy atom. The Hall–Kier alpha value is -1.32. The summed E-state index contributed by atoms with van der Waals surface area (Å²) in [6, 6.07) is 4.71. The smallest absolute Gasteiger partial charge is 0.206 e. The van der Waals surface area contributed by atoms with E-state index in [1.54, 1.807) is 6.07 Å². The van der Waals surface area contributed by atoms with Crippen molar-refractivity contribution in [1.29, 1.82) is 0 Å². The van der Waals surface area contributed by atoms with Crippen LogP contribution in [0.1, 0.15) is 75.3 Å². The average Bonchev–Trinajstić information content (AvgIpc) is 2.61. The van der Waals surface area contributed by atoms with E-state index >= 15 is 0 Å². The van der Waals surface area contributed by atoms with Crippen LogP contribution in [0.5, 0.6) is 0 Å². The molecule has 2 fully saturated rings. The molecule has 2 aliphatic rings. The minimum Gasteiger partial charge on any atom is -0.206 e. The summed E-state index contributed by atoms with van der Waals surface area (Å²) in [5.74, 6) is 2.31. The van der Waals surface area contributed by atoms with Gasteiger partial charge in [-0.1, -0.05) is 31.9 Å². The summed E-state index contributed by atoms with van der Waals surface area (Å²) in [7, 11) is 0. The first kappa shape index (κ1) is 19.4. The first-order valence-corrected chi connectivity index (χ1v) is 9.87.